The summed E-state index contributed by atoms with van der Waals surface area (Å²) in [7, 11) is 0. The molecule has 16 heavy (non-hydrogen) atoms. The molecule has 1 fully saturated rings. The van der Waals surface area contributed by atoms with E-state index in [0.29, 0.717) is 5.11 Å². The summed E-state index contributed by atoms with van der Waals surface area (Å²) >= 11 is 5.11. The average Bonchev–Trinajstić information content (AvgIpc) is 2.19. The molecular formula is C11H13N3OS. The zero-order chi connectivity index (χ0) is 11.7. The molecule has 4 nitrogen and oxygen atoms in total. The predicted octanol–water partition coefficient (Wildman–Crippen LogP) is 0.891. The minimum atomic E-state index is -0.385. The molecule has 0 aromatic heterocycles. The lowest BCUT2D eigenvalue weighted by Gasteiger charge is -2.34. The van der Waals surface area contributed by atoms with Crippen LogP contribution in [0.15, 0.2) is 24.3 Å². The number of benzene rings is 1. The summed E-state index contributed by atoms with van der Waals surface area (Å²) in [5, 5.41) is 2.98. The average molecular weight is 235 g/mol. The summed E-state index contributed by atoms with van der Waals surface area (Å²) in [6.07, 6.45) is -0.127. The summed E-state index contributed by atoms with van der Waals surface area (Å²) < 4.78 is 0. The van der Waals surface area contributed by atoms with Crippen molar-refractivity contribution < 1.29 is 4.79 Å². The van der Waals surface area contributed by atoms with E-state index in [1.165, 1.54) is 5.56 Å². The predicted molar refractivity (Wildman–Crippen MR) is 67.0 cm³/mol. The second-order valence-corrected chi connectivity index (χ2v) is 4.22. The van der Waals surface area contributed by atoms with Crippen molar-refractivity contribution in [3.05, 3.63) is 29.8 Å². The van der Waals surface area contributed by atoms with Gasteiger partial charge in [-0.2, -0.15) is 0 Å². The Bertz CT molecular complexity index is 429. The minimum Gasteiger partial charge on any atom is -0.310 e. The molecule has 1 saturated heterocycles. The number of carbonyl (C=O) groups excluding carboxylic acids is 1. The van der Waals surface area contributed by atoms with E-state index >= 15 is 0 Å². The van der Waals surface area contributed by atoms with Crippen LogP contribution in [0.2, 0.25) is 0 Å². The number of hydrogen-bond acceptors (Lipinski definition) is 3. The highest BCUT2D eigenvalue weighted by atomic mass is 32.1. The maximum absolute atomic E-state index is 11.2. The molecule has 1 heterocycles. The maximum Gasteiger partial charge on any atom is 0.229 e. The molecule has 0 radical (unpaired) electrons. The van der Waals surface area contributed by atoms with Crippen molar-refractivity contribution in [1.29, 1.82) is 0 Å². The Labute approximate surface area is 99.4 Å². The number of thiocarbonyl (C=S) groups is 1. The second-order valence-electron chi connectivity index (χ2n) is 3.83. The van der Waals surface area contributed by atoms with Crippen LogP contribution in [-0.4, -0.2) is 17.2 Å². The lowest BCUT2D eigenvalue weighted by molar-refractivity contribution is -0.120. The summed E-state index contributed by atoms with van der Waals surface area (Å²) in [4.78, 5) is 13.0. The van der Waals surface area contributed by atoms with Crippen LogP contribution >= 0.6 is 12.2 Å². The Kier molecular flexibility index (Phi) is 2.89. The van der Waals surface area contributed by atoms with Gasteiger partial charge >= 0.3 is 0 Å². The van der Waals surface area contributed by atoms with Gasteiger partial charge < -0.3 is 16.0 Å². The molecular weight excluding hydrogens is 222 g/mol. The molecule has 5 heteroatoms. The van der Waals surface area contributed by atoms with Crippen molar-refractivity contribution in [1.82, 2.24) is 5.32 Å². The number of nitrogens with two attached hydrogens (primary N) is 1. The molecule has 84 valence electrons. The number of anilines is 1. The van der Waals surface area contributed by atoms with Crippen LogP contribution in [0, 0.1) is 6.92 Å². The van der Waals surface area contributed by atoms with Gasteiger partial charge in [-0.3, -0.25) is 4.79 Å². The Hall–Kier alpha value is -1.46. The number of carbonyl (C=O) groups is 1. The fraction of sp³-hybridized carbons (Fsp3) is 0.273. The second kappa shape index (κ2) is 4.19. The third-order valence-electron chi connectivity index (χ3n) is 2.50. The van der Waals surface area contributed by atoms with E-state index in [4.69, 9.17) is 18.0 Å². The molecule has 3 N–H and O–H groups in total. The van der Waals surface area contributed by atoms with Gasteiger partial charge in [-0.05, 0) is 31.3 Å². The van der Waals surface area contributed by atoms with Gasteiger partial charge in [0.15, 0.2) is 5.11 Å². The molecule has 1 aliphatic rings. The Morgan fingerprint density at radius 3 is 2.62 bits per heavy atom. The first-order valence-electron chi connectivity index (χ1n) is 5.03. The van der Waals surface area contributed by atoms with E-state index in [1.807, 2.05) is 31.2 Å². The van der Waals surface area contributed by atoms with Gasteiger partial charge in [-0.1, -0.05) is 17.7 Å². The van der Waals surface area contributed by atoms with Crippen LogP contribution in [0.1, 0.15) is 12.0 Å². The minimum absolute atomic E-state index is 0.124. The van der Waals surface area contributed by atoms with Crippen molar-refractivity contribution in [3.63, 3.8) is 0 Å². The monoisotopic (exact) mass is 235 g/mol. The molecule has 1 unspecified atom stereocenters. The van der Waals surface area contributed by atoms with Crippen molar-refractivity contribution >= 4 is 28.9 Å². The van der Waals surface area contributed by atoms with E-state index in [2.05, 4.69) is 5.32 Å². The van der Waals surface area contributed by atoms with Crippen molar-refractivity contribution in [3.8, 4) is 0 Å². The Balaban J connectivity index is 2.29. The SMILES string of the molecule is Cc1ccc(N2C(=S)NC(=O)CC2N)cc1. The van der Waals surface area contributed by atoms with Crippen LogP contribution in [0.3, 0.4) is 0 Å². The molecule has 1 aromatic rings. The molecule has 1 amide bonds. The third-order valence-corrected chi connectivity index (χ3v) is 2.80. The third kappa shape index (κ3) is 2.05. The summed E-state index contributed by atoms with van der Waals surface area (Å²) in [5.74, 6) is -0.124. The van der Waals surface area contributed by atoms with E-state index < -0.39 is 0 Å². The first-order valence-corrected chi connectivity index (χ1v) is 5.44. The maximum atomic E-state index is 11.2. The zero-order valence-electron chi connectivity index (χ0n) is 8.93. The molecule has 0 spiro atoms. The van der Waals surface area contributed by atoms with Gasteiger partial charge in [0, 0.05) is 5.69 Å². The van der Waals surface area contributed by atoms with Gasteiger partial charge in [0.05, 0.1) is 12.6 Å². The summed E-state index contributed by atoms with van der Waals surface area (Å²) in [5.41, 5.74) is 7.98. The fourth-order valence-electron chi connectivity index (χ4n) is 1.68. The van der Waals surface area contributed by atoms with E-state index in [0.717, 1.165) is 5.69 Å². The smallest absolute Gasteiger partial charge is 0.229 e. The Morgan fingerprint density at radius 2 is 2.06 bits per heavy atom. The number of aryl methyl sites for hydroxylation is 1. The Morgan fingerprint density at radius 1 is 1.44 bits per heavy atom. The van der Waals surface area contributed by atoms with Gasteiger partial charge in [-0.15, -0.1) is 0 Å². The van der Waals surface area contributed by atoms with Crippen molar-refractivity contribution in [2.45, 2.75) is 19.5 Å². The van der Waals surface area contributed by atoms with Crippen LogP contribution in [-0.2, 0) is 4.79 Å². The standard InChI is InChI=1S/C11H13N3OS/c1-7-2-4-8(5-3-7)14-9(12)6-10(15)13-11(14)16/h2-5,9H,6,12H2,1H3,(H,13,15,16). The highest BCUT2D eigenvalue weighted by Gasteiger charge is 2.28. The highest BCUT2D eigenvalue weighted by Crippen LogP contribution is 2.19. The van der Waals surface area contributed by atoms with E-state index in [1.54, 1.807) is 4.90 Å². The number of hydrogen-bond donors (Lipinski definition) is 2. The van der Waals surface area contributed by atoms with E-state index in [-0.39, 0.29) is 18.5 Å². The first kappa shape index (κ1) is 11.0. The lowest BCUT2D eigenvalue weighted by Crippen LogP contribution is -2.58. The summed E-state index contributed by atoms with van der Waals surface area (Å²) in [6, 6.07) is 7.86. The molecule has 0 saturated carbocycles. The molecule has 1 atom stereocenters. The lowest BCUT2D eigenvalue weighted by atomic mass is 10.2. The molecule has 2 rings (SSSR count). The number of rotatable bonds is 1. The van der Waals surface area contributed by atoms with Gasteiger partial charge in [0.25, 0.3) is 0 Å². The van der Waals surface area contributed by atoms with Gasteiger partial charge in [0.2, 0.25) is 5.91 Å². The van der Waals surface area contributed by atoms with Crippen LogP contribution < -0.4 is 16.0 Å². The largest absolute Gasteiger partial charge is 0.310 e. The van der Waals surface area contributed by atoms with Crippen LogP contribution in [0.5, 0.6) is 0 Å². The van der Waals surface area contributed by atoms with Crippen molar-refractivity contribution in [2.75, 3.05) is 4.90 Å². The highest BCUT2D eigenvalue weighted by molar-refractivity contribution is 7.80. The topological polar surface area (TPSA) is 58.4 Å². The van der Waals surface area contributed by atoms with Crippen LogP contribution in [0.4, 0.5) is 5.69 Å². The fourth-order valence-corrected chi connectivity index (χ4v) is 2.03. The zero-order valence-corrected chi connectivity index (χ0v) is 9.75. The van der Waals surface area contributed by atoms with Gasteiger partial charge in [0.1, 0.15) is 0 Å². The number of nitrogens with one attached hydrogen (secondary N) is 1. The first-order chi connectivity index (χ1) is 7.58. The van der Waals surface area contributed by atoms with Gasteiger partial charge in [-0.25, -0.2) is 0 Å². The molecule has 0 aliphatic carbocycles. The summed E-state index contributed by atoms with van der Waals surface area (Å²) in [6.45, 7) is 2.01. The van der Waals surface area contributed by atoms with Crippen LogP contribution in [0.25, 0.3) is 0 Å². The quantitative estimate of drug-likeness (QED) is 0.710. The number of nitrogens with zero attached hydrogens (tertiary/aromatic N) is 1. The normalized spacial score (nSPS) is 20.9. The molecule has 1 aromatic carbocycles. The number of amides is 1. The van der Waals surface area contributed by atoms with Crippen molar-refractivity contribution in [2.24, 2.45) is 5.73 Å². The van der Waals surface area contributed by atoms with E-state index in [9.17, 15) is 4.79 Å². The molecule has 0 bridgehead atoms. The molecule has 1 aliphatic heterocycles.